The van der Waals surface area contributed by atoms with Crippen LogP contribution in [-0.4, -0.2) is 66.0 Å². The summed E-state index contributed by atoms with van der Waals surface area (Å²) in [6.45, 7) is 13.4. The molecule has 4 rings (SSSR count). The minimum Gasteiger partial charge on any atom is -0.462 e. The number of aliphatic hydroxyl groups is 1. The molecule has 1 aromatic carbocycles. The van der Waals surface area contributed by atoms with Crippen molar-refractivity contribution in [1.82, 2.24) is 4.90 Å². The first-order valence-electron chi connectivity index (χ1n) is 14.6. The van der Waals surface area contributed by atoms with Gasteiger partial charge in [-0.05, 0) is 80.6 Å². The van der Waals surface area contributed by atoms with Gasteiger partial charge in [0.05, 0.1) is 36.9 Å². The second-order valence-electron chi connectivity index (χ2n) is 11.7. The predicted octanol–water partition coefficient (Wildman–Crippen LogP) is 4.85. The summed E-state index contributed by atoms with van der Waals surface area (Å²) < 4.78 is 16.8. The fourth-order valence-corrected chi connectivity index (χ4v) is 6.63. The van der Waals surface area contributed by atoms with Crippen molar-refractivity contribution in [2.24, 2.45) is 23.7 Å². The van der Waals surface area contributed by atoms with E-state index >= 15 is 0 Å². The van der Waals surface area contributed by atoms with Crippen LogP contribution in [0, 0.1) is 30.1 Å². The van der Waals surface area contributed by atoms with E-state index in [4.69, 9.17) is 14.2 Å². The van der Waals surface area contributed by atoms with Crippen LogP contribution in [0.3, 0.4) is 0 Å². The molecule has 2 aliphatic carbocycles. The molecule has 2 radical (unpaired) electrons. The summed E-state index contributed by atoms with van der Waals surface area (Å²) in [5.41, 5.74) is 1.42. The third-order valence-electron chi connectivity index (χ3n) is 8.89. The minimum absolute atomic E-state index is 0.0192. The van der Waals surface area contributed by atoms with Crippen LogP contribution >= 0.6 is 0 Å². The highest BCUT2D eigenvalue weighted by Gasteiger charge is 2.53. The molecule has 7 nitrogen and oxygen atoms in total. The summed E-state index contributed by atoms with van der Waals surface area (Å²) in [5, 5.41) is 11.7. The summed E-state index contributed by atoms with van der Waals surface area (Å²) >= 11 is 0. The average Bonchev–Trinajstić information content (AvgIpc) is 2.90. The van der Waals surface area contributed by atoms with Gasteiger partial charge >= 0.3 is 11.9 Å². The number of hydrogen-bond acceptors (Lipinski definition) is 7. The molecule has 3 aliphatic rings. The van der Waals surface area contributed by atoms with Gasteiger partial charge in [-0.3, -0.25) is 4.79 Å². The number of nitrogens with zero attached hydrogens (tertiary/aromatic N) is 1. The van der Waals surface area contributed by atoms with E-state index in [1.54, 1.807) is 13.0 Å². The van der Waals surface area contributed by atoms with Crippen molar-refractivity contribution in [1.29, 1.82) is 0 Å². The highest BCUT2D eigenvalue weighted by Crippen LogP contribution is 2.51. The fraction of sp³-hybridized carbons (Fsp3) is 0.656. The molecule has 0 amide bonds. The van der Waals surface area contributed by atoms with Crippen molar-refractivity contribution in [3.05, 3.63) is 53.5 Å². The van der Waals surface area contributed by atoms with Crippen LogP contribution in [-0.2, 0) is 25.6 Å². The Morgan fingerprint density at radius 1 is 1.21 bits per heavy atom. The minimum atomic E-state index is -1.08. The Morgan fingerprint density at radius 2 is 1.95 bits per heavy atom. The van der Waals surface area contributed by atoms with Crippen molar-refractivity contribution < 1.29 is 28.9 Å². The maximum atomic E-state index is 12.0. The average molecular weight is 540 g/mol. The molecule has 1 heterocycles. The summed E-state index contributed by atoms with van der Waals surface area (Å²) in [4.78, 5) is 26.1. The summed E-state index contributed by atoms with van der Waals surface area (Å²) in [5.74, 6) is 0.147. The van der Waals surface area contributed by atoms with E-state index in [2.05, 4.69) is 31.2 Å². The van der Waals surface area contributed by atoms with Gasteiger partial charge in [-0.2, -0.15) is 0 Å². The number of rotatable bonds is 9. The van der Waals surface area contributed by atoms with Crippen LogP contribution in [0.5, 0.6) is 0 Å². The molecule has 0 bridgehead atoms. The zero-order chi connectivity index (χ0) is 28.2. The molecule has 1 saturated carbocycles. The van der Waals surface area contributed by atoms with Crippen LogP contribution < -0.4 is 0 Å². The maximum absolute atomic E-state index is 12.0. The van der Waals surface area contributed by atoms with E-state index < -0.39 is 11.7 Å². The van der Waals surface area contributed by atoms with Crippen LogP contribution in [0.25, 0.3) is 0 Å². The Kier molecular flexibility index (Phi) is 9.89. The third-order valence-corrected chi connectivity index (χ3v) is 8.89. The molecule has 1 aliphatic heterocycles. The lowest BCUT2D eigenvalue weighted by Crippen LogP contribution is -2.56. The Hall–Kier alpha value is -2.22. The number of ether oxygens (including phenoxy) is 3. The number of benzene rings is 1. The van der Waals surface area contributed by atoms with Gasteiger partial charge in [-0.25, -0.2) is 4.79 Å². The Balaban J connectivity index is 1.29. The van der Waals surface area contributed by atoms with Gasteiger partial charge in [0, 0.05) is 32.5 Å². The van der Waals surface area contributed by atoms with E-state index in [0.717, 1.165) is 56.5 Å². The molecule has 214 valence electrons. The standard InChI is InChI=1S/C32H45NO6/c1-6-37-31(35)26-9-7-8-25(17-26)20-38-27-12-14-33(15-13-27)19-22(3)28-11-10-23(4)32(36)18-30(39-24(5)34)21(2)16-29(28)32/h7-9,16-17,22-23,27-30,36H,6,10-15,19-20H2,1-5H3/t22-,23-,28+,29-,30-,32-/m1/s1. The van der Waals surface area contributed by atoms with Gasteiger partial charge < -0.3 is 24.2 Å². The quantitative estimate of drug-likeness (QED) is 0.355. The Bertz CT molecular complexity index is 1030. The molecular weight excluding hydrogens is 494 g/mol. The number of piperidine rings is 1. The number of likely N-dealkylation sites (tertiary alicyclic amines) is 1. The van der Waals surface area contributed by atoms with Crippen molar-refractivity contribution >= 4 is 11.9 Å². The zero-order valence-electron chi connectivity index (χ0n) is 24.2. The van der Waals surface area contributed by atoms with Crippen molar-refractivity contribution in [3.63, 3.8) is 0 Å². The molecular formula is C32H45NO6. The molecule has 7 heteroatoms. The monoisotopic (exact) mass is 539 g/mol. The van der Waals surface area contributed by atoms with E-state index in [0.29, 0.717) is 30.6 Å². The topological polar surface area (TPSA) is 85.3 Å². The Morgan fingerprint density at radius 3 is 2.64 bits per heavy atom. The highest BCUT2D eigenvalue weighted by atomic mass is 16.5. The van der Waals surface area contributed by atoms with Crippen molar-refractivity contribution in [3.8, 4) is 0 Å². The first kappa shape index (κ1) is 29.8. The molecule has 0 spiro atoms. The molecule has 1 N–H and O–H groups in total. The number of fused-ring (bicyclic) bond motifs is 1. The van der Waals surface area contributed by atoms with Crippen LogP contribution in [0.15, 0.2) is 35.9 Å². The zero-order valence-corrected chi connectivity index (χ0v) is 24.2. The van der Waals surface area contributed by atoms with Crippen molar-refractivity contribution in [2.45, 2.75) is 84.7 Å². The molecule has 6 atom stereocenters. The second-order valence-corrected chi connectivity index (χ2v) is 11.7. The molecule has 1 aromatic rings. The normalized spacial score (nSPS) is 30.7. The number of carbonyl (C=O) groups is 2. The highest BCUT2D eigenvalue weighted by molar-refractivity contribution is 5.89. The lowest BCUT2D eigenvalue weighted by molar-refractivity contribution is -0.148. The molecule has 0 aromatic heterocycles. The van der Waals surface area contributed by atoms with Crippen LogP contribution in [0.4, 0.5) is 0 Å². The van der Waals surface area contributed by atoms with Gasteiger partial charge in [0.25, 0.3) is 0 Å². The van der Waals surface area contributed by atoms with Gasteiger partial charge in [0.2, 0.25) is 0 Å². The molecule has 2 fully saturated rings. The SMILES string of the molecule is CCOC(=O)c1cccc(COC2CCN(C[C@@H](C)[C@@H]3CC[C@@H](C)[C@]4(O)[C][C@@H](OC(C)=O)C(C)=C[C@H]34)CC2)c1. The van der Waals surface area contributed by atoms with Crippen LogP contribution in [0.1, 0.15) is 76.2 Å². The van der Waals surface area contributed by atoms with Gasteiger partial charge in [0.1, 0.15) is 6.10 Å². The van der Waals surface area contributed by atoms with Gasteiger partial charge in [-0.1, -0.05) is 32.1 Å². The van der Waals surface area contributed by atoms with Crippen molar-refractivity contribution in [2.75, 3.05) is 26.2 Å². The Labute approximate surface area is 233 Å². The number of hydrogen-bond donors (Lipinski definition) is 1. The lowest BCUT2D eigenvalue weighted by atomic mass is 9.57. The van der Waals surface area contributed by atoms with E-state index in [1.807, 2.05) is 25.1 Å². The molecule has 0 unspecified atom stereocenters. The fourth-order valence-electron chi connectivity index (χ4n) is 6.63. The third kappa shape index (κ3) is 7.11. The lowest BCUT2D eigenvalue weighted by Gasteiger charge is -2.52. The first-order chi connectivity index (χ1) is 18.6. The van der Waals surface area contributed by atoms with E-state index in [-0.39, 0.29) is 29.9 Å². The maximum Gasteiger partial charge on any atom is 0.338 e. The summed E-state index contributed by atoms with van der Waals surface area (Å²) in [7, 11) is 0. The van der Waals surface area contributed by atoms with E-state index in [1.165, 1.54) is 6.92 Å². The first-order valence-corrected chi connectivity index (χ1v) is 14.6. The van der Waals surface area contributed by atoms with E-state index in [9.17, 15) is 14.7 Å². The molecule has 39 heavy (non-hydrogen) atoms. The number of carbonyl (C=O) groups excluding carboxylic acids is 2. The predicted molar refractivity (Wildman–Crippen MR) is 149 cm³/mol. The summed E-state index contributed by atoms with van der Waals surface area (Å²) in [6, 6.07) is 7.48. The largest absolute Gasteiger partial charge is 0.462 e. The van der Waals surface area contributed by atoms with Crippen LogP contribution in [0.2, 0.25) is 0 Å². The van der Waals surface area contributed by atoms with Gasteiger partial charge in [-0.15, -0.1) is 0 Å². The second kappa shape index (κ2) is 13.0. The van der Waals surface area contributed by atoms with Gasteiger partial charge in [0.15, 0.2) is 0 Å². The number of esters is 2. The molecule has 1 saturated heterocycles. The smallest absolute Gasteiger partial charge is 0.338 e. The summed E-state index contributed by atoms with van der Waals surface area (Å²) in [6.07, 6.45) is 9.02.